The number of hydrogen-bond acceptors (Lipinski definition) is 1. The van der Waals surface area contributed by atoms with Crippen LogP contribution in [-0.2, 0) is 12.1 Å². The van der Waals surface area contributed by atoms with Gasteiger partial charge < -0.3 is 0 Å². The molecule has 0 aliphatic heterocycles. The summed E-state index contributed by atoms with van der Waals surface area (Å²) in [5, 5.41) is -0.446. The largest absolute Gasteiger partial charge is 0.418 e. The van der Waals surface area contributed by atoms with Gasteiger partial charge in [-0.3, -0.25) is 0 Å². The Morgan fingerprint density at radius 1 is 1.31 bits per heavy atom. The van der Waals surface area contributed by atoms with Crippen LogP contribution in [0.4, 0.5) is 22.0 Å². The zero-order valence-corrected chi connectivity index (χ0v) is 8.97. The summed E-state index contributed by atoms with van der Waals surface area (Å²) >= 11 is 10.7. The van der Waals surface area contributed by atoms with E-state index in [4.69, 9.17) is 23.2 Å². The van der Waals surface area contributed by atoms with Crippen molar-refractivity contribution >= 4 is 23.2 Å². The summed E-state index contributed by atoms with van der Waals surface area (Å²) in [7, 11) is 0. The molecule has 1 aromatic heterocycles. The fourth-order valence-electron chi connectivity index (χ4n) is 1.03. The topological polar surface area (TPSA) is 12.9 Å². The third-order valence-corrected chi connectivity index (χ3v) is 2.35. The summed E-state index contributed by atoms with van der Waals surface area (Å²) in [6.45, 7) is 0. The second kappa shape index (κ2) is 4.71. The highest BCUT2D eigenvalue weighted by Gasteiger charge is 2.37. The van der Waals surface area contributed by atoms with E-state index in [1.54, 1.807) is 0 Å². The van der Waals surface area contributed by atoms with Crippen molar-refractivity contribution in [3.63, 3.8) is 0 Å². The van der Waals surface area contributed by atoms with E-state index >= 15 is 0 Å². The molecule has 0 bridgehead atoms. The lowest BCUT2D eigenvalue weighted by atomic mass is 10.1. The molecule has 90 valence electrons. The molecule has 0 spiro atoms. The first-order chi connectivity index (χ1) is 7.27. The van der Waals surface area contributed by atoms with Crippen molar-refractivity contribution in [2.75, 3.05) is 0 Å². The van der Waals surface area contributed by atoms with Crippen molar-refractivity contribution in [3.05, 3.63) is 28.0 Å². The maximum atomic E-state index is 12.4. The van der Waals surface area contributed by atoms with Gasteiger partial charge in [0.15, 0.2) is 0 Å². The average Bonchev–Trinajstić information content (AvgIpc) is 2.15. The highest BCUT2D eigenvalue weighted by Crippen LogP contribution is 2.37. The van der Waals surface area contributed by atoms with Crippen LogP contribution in [0.5, 0.6) is 0 Å². The number of nitrogens with zero attached hydrogens (tertiary/aromatic N) is 1. The van der Waals surface area contributed by atoms with E-state index in [1.165, 1.54) is 0 Å². The first-order valence-electron chi connectivity index (χ1n) is 3.88. The maximum absolute atomic E-state index is 12.4. The predicted molar refractivity (Wildman–Crippen MR) is 48.8 cm³/mol. The second-order valence-electron chi connectivity index (χ2n) is 2.80. The fourth-order valence-corrected chi connectivity index (χ4v) is 1.52. The highest BCUT2D eigenvalue weighted by molar-refractivity contribution is 6.31. The van der Waals surface area contributed by atoms with Crippen LogP contribution in [0, 0.1) is 0 Å². The van der Waals surface area contributed by atoms with Gasteiger partial charge in [-0.25, -0.2) is 13.8 Å². The molecule has 1 heterocycles. The zero-order valence-electron chi connectivity index (χ0n) is 7.45. The first-order valence-corrected chi connectivity index (χ1v) is 4.79. The maximum Gasteiger partial charge on any atom is 0.418 e. The smallest absolute Gasteiger partial charge is 0.234 e. The molecule has 1 aromatic rings. The van der Waals surface area contributed by atoms with Crippen molar-refractivity contribution in [3.8, 4) is 0 Å². The lowest BCUT2D eigenvalue weighted by molar-refractivity contribution is -0.140. The Kier molecular flexibility index (Phi) is 3.96. The Hall–Kier alpha value is -0.620. The summed E-state index contributed by atoms with van der Waals surface area (Å²) in [6.07, 6.45) is -8.26. The van der Waals surface area contributed by atoms with Crippen LogP contribution in [0.3, 0.4) is 0 Å². The standard InChI is InChI=1S/C8H4Cl2F5N/c9-2-3-1-4(8(13,14)15)5(7(11)12)16-6(3)10/h1,7H,2H2. The van der Waals surface area contributed by atoms with Crippen molar-refractivity contribution < 1.29 is 22.0 Å². The molecule has 0 radical (unpaired) electrons. The summed E-state index contributed by atoms with van der Waals surface area (Å²) < 4.78 is 61.8. The van der Waals surface area contributed by atoms with Crippen LogP contribution in [0.2, 0.25) is 5.15 Å². The van der Waals surface area contributed by atoms with E-state index in [9.17, 15) is 22.0 Å². The van der Waals surface area contributed by atoms with Gasteiger partial charge in [-0.1, -0.05) is 11.6 Å². The summed E-state index contributed by atoms with van der Waals surface area (Å²) in [4.78, 5) is 3.02. The van der Waals surface area contributed by atoms with Crippen LogP contribution in [0.25, 0.3) is 0 Å². The zero-order chi connectivity index (χ0) is 12.5. The van der Waals surface area contributed by atoms with E-state index in [-0.39, 0.29) is 11.4 Å². The lowest BCUT2D eigenvalue weighted by Gasteiger charge is -2.13. The minimum Gasteiger partial charge on any atom is -0.234 e. The highest BCUT2D eigenvalue weighted by atomic mass is 35.5. The van der Waals surface area contributed by atoms with E-state index in [1.807, 2.05) is 0 Å². The number of rotatable bonds is 2. The molecule has 0 fully saturated rings. The minimum atomic E-state index is -4.91. The van der Waals surface area contributed by atoms with Gasteiger partial charge in [0.1, 0.15) is 10.8 Å². The molecule has 0 aliphatic rings. The molecule has 0 unspecified atom stereocenters. The van der Waals surface area contributed by atoms with Crippen molar-refractivity contribution in [1.29, 1.82) is 0 Å². The van der Waals surface area contributed by atoms with Gasteiger partial charge in [0, 0.05) is 5.56 Å². The molecule has 0 saturated carbocycles. The molecule has 16 heavy (non-hydrogen) atoms. The number of pyridine rings is 1. The number of halogens is 7. The molecular weight excluding hydrogens is 276 g/mol. The summed E-state index contributed by atoms with van der Waals surface area (Å²) in [6, 6.07) is 0.490. The summed E-state index contributed by atoms with van der Waals surface area (Å²) in [5.41, 5.74) is -3.03. The molecule has 0 N–H and O–H groups in total. The van der Waals surface area contributed by atoms with Crippen LogP contribution < -0.4 is 0 Å². The van der Waals surface area contributed by atoms with Gasteiger partial charge in [0.05, 0.1) is 11.4 Å². The van der Waals surface area contributed by atoms with E-state index in [2.05, 4.69) is 4.98 Å². The van der Waals surface area contributed by atoms with Gasteiger partial charge in [-0.15, -0.1) is 11.6 Å². The third-order valence-electron chi connectivity index (χ3n) is 1.73. The van der Waals surface area contributed by atoms with Crippen molar-refractivity contribution in [1.82, 2.24) is 4.98 Å². The Morgan fingerprint density at radius 3 is 2.25 bits per heavy atom. The molecule has 0 atom stereocenters. The Balaban J connectivity index is 3.43. The predicted octanol–water partition coefficient (Wildman–Crippen LogP) is 4.43. The third kappa shape index (κ3) is 2.74. The molecule has 0 aromatic carbocycles. The van der Waals surface area contributed by atoms with E-state index < -0.39 is 29.0 Å². The Labute approximate surface area is 97.2 Å². The Bertz CT molecular complexity index is 391. The second-order valence-corrected chi connectivity index (χ2v) is 3.43. The van der Waals surface area contributed by atoms with Crippen LogP contribution >= 0.6 is 23.2 Å². The van der Waals surface area contributed by atoms with Gasteiger partial charge in [0.2, 0.25) is 0 Å². The number of aromatic nitrogens is 1. The van der Waals surface area contributed by atoms with Crippen LogP contribution in [0.15, 0.2) is 6.07 Å². The Morgan fingerprint density at radius 2 is 1.88 bits per heavy atom. The molecule has 0 aliphatic carbocycles. The monoisotopic (exact) mass is 279 g/mol. The normalized spacial score (nSPS) is 12.2. The van der Waals surface area contributed by atoms with Gasteiger partial charge in [-0.05, 0) is 6.07 Å². The fraction of sp³-hybridized carbons (Fsp3) is 0.375. The molecular formula is C8H4Cl2F5N. The molecule has 0 amide bonds. The summed E-state index contributed by atoms with van der Waals surface area (Å²) in [5.74, 6) is -0.335. The lowest BCUT2D eigenvalue weighted by Crippen LogP contribution is -2.12. The van der Waals surface area contributed by atoms with Crippen molar-refractivity contribution in [2.45, 2.75) is 18.5 Å². The molecule has 8 heteroatoms. The van der Waals surface area contributed by atoms with Crippen molar-refractivity contribution in [2.24, 2.45) is 0 Å². The average molecular weight is 280 g/mol. The minimum absolute atomic E-state index is 0.139. The SMILES string of the molecule is FC(F)c1nc(Cl)c(CCl)cc1C(F)(F)F. The van der Waals surface area contributed by atoms with Gasteiger partial charge >= 0.3 is 6.18 Å². The molecule has 0 saturated heterocycles. The van der Waals surface area contributed by atoms with Gasteiger partial charge in [0.25, 0.3) is 6.43 Å². The number of hydrogen-bond donors (Lipinski definition) is 0. The van der Waals surface area contributed by atoms with Crippen LogP contribution in [-0.4, -0.2) is 4.98 Å². The molecule has 1 rings (SSSR count). The first kappa shape index (κ1) is 13.4. The van der Waals surface area contributed by atoms with E-state index in [0.717, 1.165) is 0 Å². The molecule has 1 nitrogen and oxygen atoms in total. The quantitative estimate of drug-likeness (QED) is 0.443. The van der Waals surface area contributed by atoms with Gasteiger partial charge in [-0.2, -0.15) is 13.2 Å². The van der Waals surface area contributed by atoms with E-state index in [0.29, 0.717) is 6.07 Å². The number of alkyl halides is 6. The van der Waals surface area contributed by atoms with Crippen LogP contribution in [0.1, 0.15) is 23.2 Å².